The normalized spacial score (nSPS) is 11.9. The summed E-state index contributed by atoms with van der Waals surface area (Å²) >= 11 is 0. The van der Waals surface area contributed by atoms with Crippen LogP contribution in [0.15, 0.2) is 63.8 Å². The molecule has 128 valence electrons. The van der Waals surface area contributed by atoms with Gasteiger partial charge in [-0.1, -0.05) is 30.3 Å². The van der Waals surface area contributed by atoms with E-state index in [1.54, 1.807) is 48.5 Å². The number of para-hydroxylation sites is 1. The van der Waals surface area contributed by atoms with E-state index in [4.69, 9.17) is 9.15 Å². The van der Waals surface area contributed by atoms with E-state index in [9.17, 15) is 14.7 Å². The third-order valence-electron chi connectivity index (χ3n) is 3.82. The molecule has 0 saturated carbocycles. The Balaban J connectivity index is 1.74. The fourth-order valence-corrected chi connectivity index (χ4v) is 2.47. The highest BCUT2D eigenvalue weighted by atomic mass is 16.5. The number of ether oxygens (including phenoxy) is 1. The summed E-state index contributed by atoms with van der Waals surface area (Å²) in [6.07, 6.45) is -0.924. The maximum Gasteiger partial charge on any atom is 0.349 e. The Kier molecular flexibility index (Phi) is 4.81. The number of aliphatic hydroxyl groups is 1. The molecule has 3 rings (SSSR count). The van der Waals surface area contributed by atoms with Gasteiger partial charge in [-0.25, -0.2) is 4.79 Å². The summed E-state index contributed by atoms with van der Waals surface area (Å²) in [6, 6.07) is 15.3. The Morgan fingerprint density at radius 3 is 2.80 bits per heavy atom. The van der Waals surface area contributed by atoms with Crippen LogP contribution in [0.1, 0.15) is 22.0 Å². The van der Waals surface area contributed by atoms with Gasteiger partial charge in [0.05, 0.1) is 13.2 Å². The molecule has 0 aliphatic carbocycles. The van der Waals surface area contributed by atoms with Gasteiger partial charge in [-0.2, -0.15) is 0 Å². The molecule has 0 spiro atoms. The van der Waals surface area contributed by atoms with E-state index in [0.29, 0.717) is 22.3 Å². The molecule has 2 N–H and O–H groups in total. The van der Waals surface area contributed by atoms with E-state index < -0.39 is 17.6 Å². The predicted octanol–water partition coefficient (Wildman–Crippen LogP) is 2.26. The molecule has 1 atom stereocenters. The summed E-state index contributed by atoms with van der Waals surface area (Å²) < 4.78 is 10.2. The lowest BCUT2D eigenvalue weighted by Gasteiger charge is -2.13. The molecule has 25 heavy (non-hydrogen) atoms. The average Bonchev–Trinajstić information content (AvgIpc) is 2.65. The number of carbonyl (C=O) groups is 1. The van der Waals surface area contributed by atoms with Gasteiger partial charge in [0.2, 0.25) is 0 Å². The molecule has 0 aliphatic heterocycles. The van der Waals surface area contributed by atoms with Crippen LogP contribution >= 0.6 is 0 Å². The third-order valence-corrected chi connectivity index (χ3v) is 3.82. The minimum Gasteiger partial charge on any atom is -0.497 e. The van der Waals surface area contributed by atoms with E-state index in [-0.39, 0.29) is 12.1 Å². The molecule has 2 aromatic carbocycles. The van der Waals surface area contributed by atoms with Crippen LogP contribution in [0.2, 0.25) is 0 Å². The molecule has 1 heterocycles. The number of nitrogens with one attached hydrogen (secondary N) is 1. The highest BCUT2D eigenvalue weighted by molar-refractivity contribution is 5.96. The van der Waals surface area contributed by atoms with E-state index in [2.05, 4.69) is 5.32 Å². The maximum atomic E-state index is 12.3. The summed E-state index contributed by atoms with van der Waals surface area (Å²) in [5.41, 5.74) is 0.203. The molecule has 6 nitrogen and oxygen atoms in total. The second kappa shape index (κ2) is 7.19. The number of benzene rings is 2. The van der Waals surface area contributed by atoms with Crippen LogP contribution in [-0.4, -0.2) is 24.7 Å². The fraction of sp³-hybridized carbons (Fsp3) is 0.158. The van der Waals surface area contributed by atoms with Crippen LogP contribution in [0.25, 0.3) is 11.0 Å². The molecule has 3 aromatic rings. The number of hydrogen-bond acceptors (Lipinski definition) is 5. The molecule has 6 heteroatoms. The quantitative estimate of drug-likeness (QED) is 0.696. The topological polar surface area (TPSA) is 88.8 Å². The fourth-order valence-electron chi connectivity index (χ4n) is 2.47. The lowest BCUT2D eigenvalue weighted by atomic mass is 10.1. The van der Waals surface area contributed by atoms with E-state index >= 15 is 0 Å². The smallest absolute Gasteiger partial charge is 0.349 e. The Morgan fingerprint density at radius 2 is 2.00 bits per heavy atom. The monoisotopic (exact) mass is 339 g/mol. The van der Waals surface area contributed by atoms with Crippen molar-refractivity contribution in [2.75, 3.05) is 13.7 Å². The lowest BCUT2D eigenvalue weighted by Crippen LogP contribution is -2.31. The zero-order chi connectivity index (χ0) is 17.8. The summed E-state index contributed by atoms with van der Waals surface area (Å²) in [5, 5.41) is 13.4. The van der Waals surface area contributed by atoms with Gasteiger partial charge in [0, 0.05) is 11.9 Å². The highest BCUT2D eigenvalue weighted by Gasteiger charge is 2.16. The van der Waals surface area contributed by atoms with Crippen LogP contribution in [0.4, 0.5) is 0 Å². The van der Waals surface area contributed by atoms with Gasteiger partial charge in [-0.15, -0.1) is 0 Å². The summed E-state index contributed by atoms with van der Waals surface area (Å²) in [5.74, 6) is 0.0134. The lowest BCUT2D eigenvalue weighted by molar-refractivity contribution is 0.0912. The second-order valence-corrected chi connectivity index (χ2v) is 5.49. The van der Waals surface area contributed by atoms with Crippen LogP contribution in [0.3, 0.4) is 0 Å². The molecule has 1 amide bonds. The largest absolute Gasteiger partial charge is 0.497 e. The summed E-state index contributed by atoms with van der Waals surface area (Å²) in [7, 11) is 1.53. The number of fused-ring (bicyclic) bond motifs is 1. The van der Waals surface area contributed by atoms with Crippen molar-refractivity contribution in [2.45, 2.75) is 6.10 Å². The SMILES string of the molecule is COc1cccc(C(O)CNC(=O)c2cc3ccccc3oc2=O)c1. The molecule has 0 saturated heterocycles. The first-order chi connectivity index (χ1) is 12.1. The first kappa shape index (κ1) is 16.7. The van der Waals surface area contributed by atoms with E-state index in [0.717, 1.165) is 0 Å². The van der Waals surface area contributed by atoms with Gasteiger partial charge >= 0.3 is 5.63 Å². The predicted molar refractivity (Wildman–Crippen MR) is 92.8 cm³/mol. The number of aliphatic hydroxyl groups excluding tert-OH is 1. The van der Waals surface area contributed by atoms with Crippen molar-refractivity contribution in [1.29, 1.82) is 0 Å². The number of rotatable bonds is 5. The van der Waals surface area contributed by atoms with Crippen LogP contribution < -0.4 is 15.7 Å². The third kappa shape index (κ3) is 3.70. The van der Waals surface area contributed by atoms with E-state index in [1.807, 2.05) is 0 Å². The summed E-state index contributed by atoms with van der Waals surface area (Å²) in [4.78, 5) is 24.2. The highest BCUT2D eigenvalue weighted by Crippen LogP contribution is 2.18. The van der Waals surface area contributed by atoms with Crippen molar-refractivity contribution < 1.29 is 19.1 Å². The molecular formula is C19H17NO5. The summed E-state index contributed by atoms with van der Waals surface area (Å²) in [6.45, 7) is -0.0434. The van der Waals surface area contributed by atoms with E-state index in [1.165, 1.54) is 13.2 Å². The minimum atomic E-state index is -0.924. The molecule has 1 aromatic heterocycles. The van der Waals surface area contributed by atoms with Gasteiger partial charge in [-0.05, 0) is 29.8 Å². The number of methoxy groups -OCH3 is 1. The zero-order valence-electron chi connectivity index (χ0n) is 13.6. The molecule has 0 fully saturated rings. The van der Waals surface area contributed by atoms with Crippen molar-refractivity contribution in [1.82, 2.24) is 5.32 Å². The Labute approximate surface area is 143 Å². The number of carbonyl (C=O) groups excluding carboxylic acids is 1. The molecule has 0 bridgehead atoms. The van der Waals surface area contributed by atoms with Crippen molar-refractivity contribution in [2.24, 2.45) is 0 Å². The van der Waals surface area contributed by atoms with Crippen LogP contribution in [0.5, 0.6) is 5.75 Å². The van der Waals surface area contributed by atoms with Gasteiger partial charge in [0.1, 0.15) is 16.9 Å². The Bertz CT molecular complexity index is 963. The molecule has 0 aliphatic rings. The standard InChI is InChI=1S/C19H17NO5/c1-24-14-7-4-6-12(9-14)16(21)11-20-18(22)15-10-13-5-2-3-8-17(13)25-19(15)23/h2-10,16,21H,11H2,1H3,(H,20,22). The second-order valence-electron chi connectivity index (χ2n) is 5.49. The van der Waals surface area contributed by atoms with Gasteiger partial charge in [-0.3, -0.25) is 4.79 Å². The molecule has 0 radical (unpaired) electrons. The number of amides is 1. The van der Waals surface area contributed by atoms with Crippen molar-refractivity contribution >= 4 is 16.9 Å². The first-order valence-electron chi connectivity index (χ1n) is 7.71. The van der Waals surface area contributed by atoms with Crippen molar-refractivity contribution in [3.8, 4) is 5.75 Å². The van der Waals surface area contributed by atoms with Gasteiger partial charge in [0.25, 0.3) is 5.91 Å². The average molecular weight is 339 g/mol. The van der Waals surface area contributed by atoms with Gasteiger partial charge in [0.15, 0.2) is 0 Å². The van der Waals surface area contributed by atoms with Gasteiger partial charge < -0.3 is 19.6 Å². The first-order valence-corrected chi connectivity index (χ1v) is 7.71. The van der Waals surface area contributed by atoms with Crippen LogP contribution in [0, 0.1) is 0 Å². The molecular weight excluding hydrogens is 322 g/mol. The van der Waals surface area contributed by atoms with Crippen molar-refractivity contribution in [3.63, 3.8) is 0 Å². The Hall–Kier alpha value is -3.12. The van der Waals surface area contributed by atoms with Crippen molar-refractivity contribution in [3.05, 3.63) is 76.1 Å². The number of hydrogen-bond donors (Lipinski definition) is 2. The van der Waals surface area contributed by atoms with Crippen LogP contribution in [-0.2, 0) is 0 Å². The maximum absolute atomic E-state index is 12.3. The molecule has 1 unspecified atom stereocenters. The Morgan fingerprint density at radius 1 is 1.20 bits per heavy atom. The zero-order valence-corrected chi connectivity index (χ0v) is 13.6. The minimum absolute atomic E-state index is 0.0434.